The number of hydrogen-bond donors (Lipinski definition) is 2. The molecule has 2 N–H and O–H groups in total. The lowest BCUT2D eigenvalue weighted by Gasteiger charge is -2.22. The minimum absolute atomic E-state index is 0.000366. The van der Waals surface area contributed by atoms with E-state index in [1.807, 2.05) is 18.7 Å². The molecular formula is C14H21NO4S2. The van der Waals surface area contributed by atoms with Crippen LogP contribution >= 0.6 is 11.8 Å². The molecule has 0 amide bonds. The Kier molecular flexibility index (Phi) is 5.92. The molecule has 1 fully saturated rings. The van der Waals surface area contributed by atoms with Crippen LogP contribution in [0.4, 0.5) is 0 Å². The van der Waals surface area contributed by atoms with E-state index in [-0.39, 0.29) is 17.5 Å². The van der Waals surface area contributed by atoms with Crippen molar-refractivity contribution >= 4 is 21.8 Å². The summed E-state index contributed by atoms with van der Waals surface area (Å²) in [4.78, 5) is 0.174. The minimum atomic E-state index is -3.55. The van der Waals surface area contributed by atoms with Crippen molar-refractivity contribution in [3.8, 4) is 5.75 Å². The molecule has 0 unspecified atom stereocenters. The van der Waals surface area contributed by atoms with Gasteiger partial charge in [-0.1, -0.05) is 0 Å². The normalized spacial score (nSPS) is 16.9. The first kappa shape index (κ1) is 16.6. The van der Waals surface area contributed by atoms with Crippen molar-refractivity contribution in [2.24, 2.45) is 0 Å². The second kappa shape index (κ2) is 7.49. The smallest absolute Gasteiger partial charge is 0.240 e. The molecular weight excluding hydrogens is 310 g/mol. The highest BCUT2D eigenvalue weighted by atomic mass is 32.2. The van der Waals surface area contributed by atoms with Crippen LogP contribution in [0.3, 0.4) is 0 Å². The van der Waals surface area contributed by atoms with Crippen LogP contribution in [-0.2, 0) is 16.6 Å². The van der Waals surface area contributed by atoms with Crippen molar-refractivity contribution in [2.75, 3.05) is 18.1 Å². The molecule has 5 nitrogen and oxygen atoms in total. The van der Waals surface area contributed by atoms with Gasteiger partial charge in [0, 0.05) is 11.6 Å². The number of benzene rings is 1. The Morgan fingerprint density at radius 3 is 2.71 bits per heavy atom. The Hall–Kier alpha value is -0.760. The van der Waals surface area contributed by atoms with E-state index in [4.69, 9.17) is 4.74 Å². The van der Waals surface area contributed by atoms with Gasteiger partial charge in [0.15, 0.2) is 0 Å². The first-order valence-corrected chi connectivity index (χ1v) is 9.67. The van der Waals surface area contributed by atoms with E-state index in [0.717, 1.165) is 24.3 Å². The maximum absolute atomic E-state index is 12.4. The molecule has 0 saturated carbocycles. The molecule has 0 aliphatic carbocycles. The minimum Gasteiger partial charge on any atom is -0.494 e. The third-order valence-electron chi connectivity index (χ3n) is 3.36. The van der Waals surface area contributed by atoms with Crippen molar-refractivity contribution in [3.05, 3.63) is 23.8 Å². The molecule has 0 aromatic heterocycles. The number of nitrogens with one attached hydrogen (secondary N) is 1. The van der Waals surface area contributed by atoms with E-state index < -0.39 is 10.0 Å². The highest BCUT2D eigenvalue weighted by molar-refractivity contribution is 7.99. The van der Waals surface area contributed by atoms with Gasteiger partial charge in [-0.3, -0.25) is 0 Å². The summed E-state index contributed by atoms with van der Waals surface area (Å²) in [5.74, 6) is 2.49. The van der Waals surface area contributed by atoms with Gasteiger partial charge >= 0.3 is 0 Å². The average Bonchev–Trinajstić information content (AvgIpc) is 2.48. The third kappa shape index (κ3) is 4.35. The Labute approximate surface area is 130 Å². The summed E-state index contributed by atoms with van der Waals surface area (Å²) in [6.07, 6.45) is 1.71. The molecule has 7 heteroatoms. The molecule has 1 aliphatic rings. The fourth-order valence-electron chi connectivity index (χ4n) is 2.25. The Balaban J connectivity index is 2.18. The first-order chi connectivity index (χ1) is 10.1. The Bertz CT molecular complexity index is 568. The van der Waals surface area contributed by atoms with Gasteiger partial charge in [-0.25, -0.2) is 13.1 Å². The predicted molar refractivity (Wildman–Crippen MR) is 84.2 cm³/mol. The number of aliphatic hydroxyl groups excluding tert-OH is 1. The number of ether oxygens (including phenoxy) is 1. The van der Waals surface area contributed by atoms with Gasteiger partial charge in [-0.15, -0.1) is 0 Å². The number of thioether (sulfide) groups is 1. The van der Waals surface area contributed by atoms with Crippen LogP contribution in [0.1, 0.15) is 25.3 Å². The molecule has 1 saturated heterocycles. The molecule has 1 aromatic carbocycles. The zero-order valence-corrected chi connectivity index (χ0v) is 13.7. The van der Waals surface area contributed by atoms with Crippen LogP contribution in [0.15, 0.2) is 23.1 Å². The van der Waals surface area contributed by atoms with Gasteiger partial charge in [-0.05, 0) is 49.5 Å². The largest absolute Gasteiger partial charge is 0.494 e. The van der Waals surface area contributed by atoms with Crippen LogP contribution in [0, 0.1) is 0 Å². The number of aliphatic hydroxyl groups is 1. The van der Waals surface area contributed by atoms with Crippen molar-refractivity contribution < 1.29 is 18.3 Å². The zero-order valence-electron chi connectivity index (χ0n) is 12.0. The van der Waals surface area contributed by atoms with Crippen LogP contribution in [-0.4, -0.2) is 37.7 Å². The van der Waals surface area contributed by atoms with Crippen molar-refractivity contribution in [1.82, 2.24) is 4.72 Å². The highest BCUT2D eigenvalue weighted by Gasteiger charge is 2.22. The van der Waals surface area contributed by atoms with Gasteiger partial charge in [0.1, 0.15) is 5.75 Å². The number of sulfonamides is 1. The molecule has 118 valence electrons. The first-order valence-electron chi connectivity index (χ1n) is 7.03. The van der Waals surface area contributed by atoms with Crippen molar-refractivity contribution in [1.29, 1.82) is 0 Å². The molecule has 21 heavy (non-hydrogen) atoms. The summed E-state index contributed by atoms with van der Waals surface area (Å²) in [6.45, 7) is 2.06. The van der Waals surface area contributed by atoms with Gasteiger partial charge < -0.3 is 9.84 Å². The fraction of sp³-hybridized carbons (Fsp3) is 0.571. The van der Waals surface area contributed by atoms with Gasteiger partial charge in [-0.2, -0.15) is 11.8 Å². The van der Waals surface area contributed by atoms with Gasteiger partial charge in [0.2, 0.25) is 10.0 Å². The molecule has 0 radical (unpaired) electrons. The lowest BCUT2D eigenvalue weighted by Crippen LogP contribution is -2.37. The second-order valence-corrected chi connectivity index (χ2v) is 7.81. The molecule has 2 rings (SSSR count). The summed E-state index contributed by atoms with van der Waals surface area (Å²) in [7, 11) is -3.55. The SMILES string of the molecule is CCOc1ccc(S(=O)(=O)NC2CCSCC2)cc1CO. The van der Waals surface area contributed by atoms with Crippen LogP contribution in [0.25, 0.3) is 0 Å². The van der Waals surface area contributed by atoms with E-state index in [9.17, 15) is 13.5 Å². The summed E-state index contributed by atoms with van der Waals surface area (Å²) < 4.78 is 32.9. The van der Waals surface area contributed by atoms with Crippen molar-refractivity contribution in [3.63, 3.8) is 0 Å². The predicted octanol–water partition coefficient (Wildman–Crippen LogP) is 1.75. The summed E-state index contributed by atoms with van der Waals surface area (Å²) in [6, 6.07) is 4.59. The summed E-state index contributed by atoms with van der Waals surface area (Å²) in [5, 5.41) is 9.36. The maximum Gasteiger partial charge on any atom is 0.240 e. The lowest BCUT2D eigenvalue weighted by molar-refractivity contribution is 0.266. The average molecular weight is 331 g/mol. The highest BCUT2D eigenvalue weighted by Crippen LogP contribution is 2.24. The van der Waals surface area contributed by atoms with Gasteiger partial charge in [0.05, 0.1) is 18.1 Å². The molecule has 1 aromatic rings. The van der Waals surface area contributed by atoms with E-state index in [2.05, 4.69) is 4.72 Å². The van der Waals surface area contributed by atoms with E-state index in [0.29, 0.717) is 17.9 Å². The maximum atomic E-state index is 12.4. The van der Waals surface area contributed by atoms with Gasteiger partial charge in [0.25, 0.3) is 0 Å². The van der Waals surface area contributed by atoms with Crippen LogP contribution < -0.4 is 9.46 Å². The third-order valence-corrected chi connectivity index (χ3v) is 5.92. The van der Waals surface area contributed by atoms with Crippen LogP contribution in [0.5, 0.6) is 5.75 Å². The summed E-state index contributed by atoms with van der Waals surface area (Å²) in [5.41, 5.74) is 0.485. The number of rotatable bonds is 6. The quantitative estimate of drug-likeness (QED) is 0.830. The van der Waals surface area contributed by atoms with Crippen LogP contribution in [0.2, 0.25) is 0 Å². The second-order valence-electron chi connectivity index (χ2n) is 4.87. The molecule has 0 bridgehead atoms. The molecule has 1 aliphatic heterocycles. The molecule has 0 spiro atoms. The van der Waals surface area contributed by atoms with E-state index >= 15 is 0 Å². The van der Waals surface area contributed by atoms with Crippen molar-refractivity contribution in [2.45, 2.75) is 37.3 Å². The standard InChI is InChI=1S/C14H21NO4S2/c1-2-19-14-4-3-13(9-11(14)10-16)21(17,18)15-12-5-7-20-8-6-12/h3-4,9,12,15-16H,2,5-8,10H2,1H3. The fourth-order valence-corrected chi connectivity index (χ4v) is 4.71. The lowest BCUT2D eigenvalue weighted by atomic mass is 10.2. The number of hydrogen-bond acceptors (Lipinski definition) is 5. The molecule has 0 atom stereocenters. The zero-order chi connectivity index (χ0) is 15.3. The Morgan fingerprint density at radius 2 is 2.10 bits per heavy atom. The topological polar surface area (TPSA) is 75.6 Å². The van der Waals surface area contributed by atoms with E-state index in [1.165, 1.54) is 12.1 Å². The van der Waals surface area contributed by atoms with E-state index in [1.54, 1.807) is 6.07 Å². The summed E-state index contributed by atoms with van der Waals surface area (Å²) >= 11 is 1.85. The monoisotopic (exact) mass is 331 g/mol. The molecule has 1 heterocycles. The Morgan fingerprint density at radius 1 is 1.38 bits per heavy atom.